The molecule has 1 aliphatic heterocycles. The third-order valence-electron chi connectivity index (χ3n) is 2.62. The fraction of sp³-hybridized carbons (Fsp3) is 0. The molecule has 0 bridgehead atoms. The molecule has 18 heavy (non-hydrogen) atoms. The Morgan fingerprint density at radius 3 is 1.89 bits per heavy atom. The number of benzene rings is 2. The minimum Gasteiger partial charge on any atom is -0.288 e. The van der Waals surface area contributed by atoms with Gasteiger partial charge in [-0.3, -0.25) is 14.9 Å². The summed E-state index contributed by atoms with van der Waals surface area (Å²) in [6.45, 7) is 0. The molecule has 2 aromatic rings. The van der Waals surface area contributed by atoms with Crippen LogP contribution in [0.15, 0.2) is 36.4 Å². The summed E-state index contributed by atoms with van der Waals surface area (Å²) >= 11 is 1.77. The molecule has 2 aromatic carbocycles. The Labute approximate surface area is 111 Å². The Balaban J connectivity index is 0.000000367. The number of imide groups is 1. The number of hydrogen-bond acceptors (Lipinski definition) is 3. The van der Waals surface area contributed by atoms with Gasteiger partial charge in [0.25, 0.3) is 11.8 Å². The van der Waals surface area contributed by atoms with Crippen LogP contribution >= 0.6 is 0 Å². The van der Waals surface area contributed by atoms with Crippen LogP contribution in [-0.2, 0) is 0 Å². The molecule has 0 radical (unpaired) electrons. The average Bonchev–Trinajstić information content (AvgIpc) is 2.37. The predicted molar refractivity (Wildman–Crippen MR) is 68.5 cm³/mol. The van der Waals surface area contributed by atoms with Crippen LogP contribution in [0.4, 0.5) is 0 Å². The largest absolute Gasteiger partial charge is 0.288 e. The van der Waals surface area contributed by atoms with Gasteiger partial charge in [0.1, 0.15) is 0 Å². The van der Waals surface area contributed by atoms with Crippen molar-refractivity contribution in [3.8, 4) is 4.97 Å². The molecule has 0 saturated heterocycles. The Morgan fingerprint density at radius 2 is 1.44 bits per heavy atom. The molecule has 1 heterocycles. The topological polar surface area (TPSA) is 70.0 Å². The summed E-state index contributed by atoms with van der Waals surface area (Å²) in [7, 11) is 0. The Kier molecular flexibility index (Phi) is 3.42. The number of carbonyl (C=O) groups is 2. The Morgan fingerprint density at radius 1 is 1.00 bits per heavy atom. The molecule has 0 atom stereocenters. The van der Waals surface area contributed by atoms with Crippen molar-refractivity contribution in [2.75, 3.05) is 0 Å². The maximum Gasteiger partial charge on any atom is 0.258 e. The summed E-state index contributed by atoms with van der Waals surface area (Å²) in [6, 6.07) is 10.9. The van der Waals surface area contributed by atoms with Gasteiger partial charge in [-0.1, -0.05) is 24.3 Å². The summed E-state index contributed by atoms with van der Waals surface area (Å²) in [5.74, 6) is -0.631. The van der Waals surface area contributed by atoms with Crippen molar-refractivity contribution in [2.45, 2.75) is 0 Å². The Hall–Kier alpha value is -2.15. The van der Waals surface area contributed by atoms with E-state index in [9.17, 15) is 9.59 Å². The summed E-state index contributed by atoms with van der Waals surface area (Å²) < 4.78 is 0. The van der Waals surface area contributed by atoms with Gasteiger partial charge >= 0.3 is 26.2 Å². The fourth-order valence-electron chi connectivity index (χ4n) is 1.96. The molecule has 4 nitrogen and oxygen atoms in total. The van der Waals surface area contributed by atoms with Gasteiger partial charge < -0.3 is 0 Å². The van der Waals surface area contributed by atoms with Gasteiger partial charge in [0, 0.05) is 16.5 Å². The number of nitrogens with zero attached hydrogens (tertiary/aromatic N) is 1. The summed E-state index contributed by atoms with van der Waals surface area (Å²) in [6.07, 6.45) is 0. The van der Waals surface area contributed by atoms with Crippen molar-refractivity contribution in [3.05, 3.63) is 47.5 Å². The smallest absolute Gasteiger partial charge is 0.258 e. The van der Waals surface area contributed by atoms with Crippen LogP contribution in [0.3, 0.4) is 0 Å². The number of hydrogen-bond donors (Lipinski definition) is 1. The van der Waals surface area contributed by atoms with Crippen LogP contribution in [0.5, 0.6) is 0 Å². The van der Waals surface area contributed by atoms with E-state index in [2.05, 4.69) is 5.32 Å². The molecule has 0 aromatic heterocycles. The first-order chi connectivity index (χ1) is 8.69. The first-order valence-corrected chi connectivity index (χ1v) is 6.03. The number of nitrogens with one attached hydrogen (secondary N) is 1. The molecule has 0 unspecified atom stereocenters. The number of nitriles is 1. The van der Waals surface area contributed by atoms with E-state index in [-0.39, 0.29) is 11.8 Å². The van der Waals surface area contributed by atoms with Gasteiger partial charge in [0.2, 0.25) is 0 Å². The second kappa shape index (κ2) is 5.01. The number of rotatable bonds is 0. The predicted octanol–water partition coefficient (Wildman–Crippen LogP) is 1.09. The van der Waals surface area contributed by atoms with Crippen LogP contribution < -0.4 is 5.32 Å². The van der Waals surface area contributed by atoms with E-state index in [1.54, 1.807) is 33.1 Å². The van der Waals surface area contributed by atoms with Crippen molar-refractivity contribution in [1.29, 1.82) is 5.26 Å². The molecule has 0 aliphatic carbocycles. The minimum absolute atomic E-state index is 0.315. The maximum atomic E-state index is 11.6. The van der Waals surface area contributed by atoms with E-state index in [0.29, 0.717) is 11.1 Å². The molecular formula is C13H8N2O2Se. The van der Waals surface area contributed by atoms with E-state index in [0.717, 1.165) is 10.8 Å². The van der Waals surface area contributed by atoms with Crippen molar-refractivity contribution in [3.63, 3.8) is 0 Å². The molecule has 2 amide bonds. The van der Waals surface area contributed by atoms with E-state index in [1.807, 2.05) is 24.3 Å². The quantitative estimate of drug-likeness (QED) is 0.585. The van der Waals surface area contributed by atoms with Gasteiger partial charge in [-0.25, -0.2) is 0 Å². The maximum absolute atomic E-state index is 11.6. The zero-order chi connectivity index (χ0) is 13.1. The zero-order valence-corrected chi connectivity index (χ0v) is 11.1. The number of carbonyl (C=O) groups excluding carboxylic acids is 2. The van der Waals surface area contributed by atoms with E-state index < -0.39 is 0 Å². The first-order valence-electron chi connectivity index (χ1n) is 5.09. The molecule has 5 heteroatoms. The molecular weight excluding hydrogens is 295 g/mol. The van der Waals surface area contributed by atoms with Gasteiger partial charge in [-0.15, -0.1) is 0 Å². The first kappa shape index (κ1) is 12.3. The van der Waals surface area contributed by atoms with Crippen molar-refractivity contribution < 1.29 is 9.59 Å². The SMILES string of the molecule is N#C[SeH].O=C1NC(=O)c2cccc3cccc1c23. The van der Waals surface area contributed by atoms with Crippen LogP contribution in [0.1, 0.15) is 20.7 Å². The summed E-state index contributed by atoms with van der Waals surface area (Å²) in [4.78, 5) is 24.8. The zero-order valence-electron chi connectivity index (χ0n) is 9.18. The molecule has 1 N–H and O–H groups in total. The molecule has 0 fully saturated rings. The van der Waals surface area contributed by atoms with Gasteiger partial charge in [-0.05, 0) is 17.5 Å². The van der Waals surface area contributed by atoms with E-state index >= 15 is 0 Å². The molecule has 1 aliphatic rings. The van der Waals surface area contributed by atoms with Crippen LogP contribution in [-0.4, -0.2) is 27.8 Å². The van der Waals surface area contributed by atoms with E-state index in [4.69, 9.17) is 5.26 Å². The molecule has 0 saturated carbocycles. The Bertz CT molecular complexity index is 640. The normalized spacial score (nSPS) is 12.2. The molecule has 0 spiro atoms. The van der Waals surface area contributed by atoms with Crippen LogP contribution in [0.2, 0.25) is 0 Å². The number of amides is 2. The van der Waals surface area contributed by atoms with Gasteiger partial charge in [0.15, 0.2) is 0 Å². The third-order valence-corrected chi connectivity index (χ3v) is 2.62. The minimum atomic E-state index is -0.315. The summed E-state index contributed by atoms with van der Waals surface area (Å²) in [5.41, 5.74) is 1.14. The monoisotopic (exact) mass is 304 g/mol. The average molecular weight is 303 g/mol. The molecule has 3 rings (SSSR count). The van der Waals surface area contributed by atoms with E-state index in [1.165, 1.54) is 0 Å². The van der Waals surface area contributed by atoms with Gasteiger partial charge in [0.05, 0.1) is 0 Å². The van der Waals surface area contributed by atoms with Gasteiger partial charge in [-0.2, -0.15) is 0 Å². The third kappa shape index (κ3) is 2.00. The van der Waals surface area contributed by atoms with Crippen LogP contribution in [0, 0.1) is 10.2 Å². The van der Waals surface area contributed by atoms with Crippen molar-refractivity contribution >= 4 is 38.6 Å². The summed E-state index contributed by atoms with van der Waals surface area (Å²) in [5, 5.41) is 11.3. The fourth-order valence-corrected chi connectivity index (χ4v) is 1.96. The molecule has 88 valence electrons. The second-order valence-electron chi connectivity index (χ2n) is 3.59. The van der Waals surface area contributed by atoms with Crippen molar-refractivity contribution in [1.82, 2.24) is 5.32 Å². The standard InChI is InChI=1S/C12H7NO2.CHNSe/c14-11-8-5-1-3-7-4-2-6-9(10(7)8)12(15)13-11;2-1-3/h1-6H,(H,13,14,15);3H. The van der Waals surface area contributed by atoms with Crippen molar-refractivity contribution in [2.24, 2.45) is 0 Å². The van der Waals surface area contributed by atoms with Crippen LogP contribution in [0.25, 0.3) is 10.8 Å². The second-order valence-corrected chi connectivity index (χ2v) is 4.01.